The average molecular weight is 357 g/mol. The summed E-state index contributed by atoms with van der Waals surface area (Å²) in [6.45, 7) is 4.94. The largest absolute Gasteiger partial charge is 0.338 e. The maximum Gasteiger partial charge on any atom is 0.229 e. The summed E-state index contributed by atoms with van der Waals surface area (Å²) in [4.78, 5) is 26.5. The van der Waals surface area contributed by atoms with Crippen molar-refractivity contribution in [1.29, 1.82) is 0 Å². The van der Waals surface area contributed by atoms with Gasteiger partial charge in [-0.25, -0.2) is 0 Å². The molecule has 2 amide bonds. The van der Waals surface area contributed by atoms with Crippen molar-refractivity contribution in [3.63, 3.8) is 0 Å². The Morgan fingerprint density at radius 1 is 1.16 bits per heavy atom. The Balaban J connectivity index is 1.63. The van der Waals surface area contributed by atoms with Crippen LogP contribution in [0, 0.1) is 19.8 Å². The van der Waals surface area contributed by atoms with E-state index < -0.39 is 0 Å². The lowest BCUT2D eigenvalue weighted by molar-refractivity contribution is -0.128. The highest BCUT2D eigenvalue weighted by Gasteiger charge is 2.34. The predicted octanol–water partition coefficient (Wildman–Crippen LogP) is 3.94. The van der Waals surface area contributed by atoms with Crippen molar-refractivity contribution >= 4 is 29.1 Å². The molecule has 2 aromatic rings. The molecular weight excluding hydrogens is 336 g/mol. The van der Waals surface area contributed by atoms with E-state index in [1.165, 1.54) is 5.56 Å². The fourth-order valence-electron chi connectivity index (χ4n) is 2.97. The number of nitrogens with zero attached hydrogens (tertiary/aromatic N) is 1. The quantitative estimate of drug-likeness (QED) is 0.901. The number of halogens is 1. The summed E-state index contributed by atoms with van der Waals surface area (Å²) >= 11 is 6.17. The average Bonchev–Trinajstić information content (AvgIpc) is 2.93. The topological polar surface area (TPSA) is 49.4 Å². The van der Waals surface area contributed by atoms with Crippen LogP contribution in [0.1, 0.15) is 23.1 Å². The highest BCUT2D eigenvalue weighted by atomic mass is 35.5. The molecule has 1 aliphatic rings. The normalized spacial score (nSPS) is 17.0. The molecule has 1 fully saturated rings. The second-order valence-electron chi connectivity index (χ2n) is 6.63. The van der Waals surface area contributed by atoms with Gasteiger partial charge in [-0.2, -0.15) is 0 Å². The molecule has 0 aromatic heterocycles. The number of carbonyl (C=O) groups is 2. The van der Waals surface area contributed by atoms with E-state index in [-0.39, 0.29) is 24.2 Å². The summed E-state index contributed by atoms with van der Waals surface area (Å²) in [6.07, 6.45) is 0.237. The predicted molar refractivity (Wildman–Crippen MR) is 99.5 cm³/mol. The molecule has 0 radical (unpaired) electrons. The van der Waals surface area contributed by atoms with Crippen LogP contribution in [0.3, 0.4) is 0 Å². The highest BCUT2D eigenvalue weighted by Crippen LogP contribution is 2.26. The van der Waals surface area contributed by atoms with Gasteiger partial charge in [0.25, 0.3) is 0 Å². The molecule has 3 rings (SSSR count). The van der Waals surface area contributed by atoms with Gasteiger partial charge in [0.05, 0.1) is 16.6 Å². The van der Waals surface area contributed by atoms with E-state index >= 15 is 0 Å². The molecule has 0 saturated carbocycles. The van der Waals surface area contributed by atoms with Crippen LogP contribution in [0.25, 0.3) is 0 Å². The monoisotopic (exact) mass is 356 g/mol. The molecule has 25 heavy (non-hydrogen) atoms. The van der Waals surface area contributed by atoms with Gasteiger partial charge < -0.3 is 10.2 Å². The van der Waals surface area contributed by atoms with Gasteiger partial charge in [0.15, 0.2) is 0 Å². The Hall–Kier alpha value is -2.33. The van der Waals surface area contributed by atoms with Crippen molar-refractivity contribution in [3.8, 4) is 0 Å². The number of hydrogen-bond acceptors (Lipinski definition) is 2. The molecule has 130 valence electrons. The van der Waals surface area contributed by atoms with E-state index in [0.29, 0.717) is 23.8 Å². The number of carbonyl (C=O) groups excluding carboxylic acids is 2. The number of anilines is 1. The zero-order valence-corrected chi connectivity index (χ0v) is 15.1. The van der Waals surface area contributed by atoms with Crippen molar-refractivity contribution in [2.24, 2.45) is 5.92 Å². The molecule has 0 spiro atoms. The van der Waals surface area contributed by atoms with Crippen LogP contribution >= 0.6 is 11.6 Å². The molecular formula is C20H21ClN2O2. The van der Waals surface area contributed by atoms with E-state index in [4.69, 9.17) is 11.6 Å². The SMILES string of the molecule is Cc1ccc(CN2C[C@H](C(=O)Nc3ccc(C)cc3Cl)CC2=O)cc1. The first-order valence-corrected chi connectivity index (χ1v) is 8.70. The van der Waals surface area contributed by atoms with Crippen LogP contribution in [0.5, 0.6) is 0 Å². The minimum Gasteiger partial charge on any atom is -0.338 e. The van der Waals surface area contributed by atoms with Crippen molar-refractivity contribution in [3.05, 3.63) is 64.2 Å². The summed E-state index contributed by atoms with van der Waals surface area (Å²) in [7, 11) is 0. The third kappa shape index (κ3) is 4.20. The second kappa shape index (κ2) is 7.28. The van der Waals surface area contributed by atoms with Crippen molar-refractivity contribution in [2.75, 3.05) is 11.9 Å². The maximum atomic E-state index is 12.5. The van der Waals surface area contributed by atoms with Crippen molar-refractivity contribution in [1.82, 2.24) is 4.90 Å². The van der Waals surface area contributed by atoms with Crippen molar-refractivity contribution in [2.45, 2.75) is 26.8 Å². The molecule has 4 nitrogen and oxygen atoms in total. The molecule has 1 saturated heterocycles. The number of hydrogen-bond donors (Lipinski definition) is 1. The molecule has 1 heterocycles. The van der Waals surface area contributed by atoms with Gasteiger partial charge in [0.1, 0.15) is 0 Å². The minimum atomic E-state index is -0.352. The van der Waals surface area contributed by atoms with Gasteiger partial charge in [-0.3, -0.25) is 9.59 Å². The number of likely N-dealkylation sites (tertiary alicyclic amines) is 1. The molecule has 5 heteroatoms. The third-order valence-corrected chi connectivity index (χ3v) is 4.77. The van der Waals surface area contributed by atoms with Gasteiger partial charge in [-0.1, -0.05) is 47.5 Å². The summed E-state index contributed by atoms with van der Waals surface area (Å²) in [5.41, 5.74) is 3.87. The lowest BCUT2D eigenvalue weighted by atomic mass is 10.1. The Morgan fingerprint density at radius 3 is 2.52 bits per heavy atom. The van der Waals surface area contributed by atoms with Gasteiger partial charge in [0.2, 0.25) is 11.8 Å². The van der Waals surface area contributed by atoms with Gasteiger partial charge >= 0.3 is 0 Å². The minimum absolute atomic E-state index is 0.00993. The van der Waals surface area contributed by atoms with Crippen LogP contribution in [-0.2, 0) is 16.1 Å². The van der Waals surface area contributed by atoms with Gasteiger partial charge in [-0.05, 0) is 37.1 Å². The Kier molecular flexibility index (Phi) is 5.09. The molecule has 1 aliphatic heterocycles. The molecule has 1 N–H and O–H groups in total. The van der Waals surface area contributed by atoms with Gasteiger partial charge in [0, 0.05) is 19.5 Å². The number of rotatable bonds is 4. The molecule has 0 aliphatic carbocycles. The Morgan fingerprint density at radius 2 is 1.84 bits per heavy atom. The summed E-state index contributed by atoms with van der Waals surface area (Å²) in [6, 6.07) is 13.6. The molecule has 0 bridgehead atoms. The standard InChI is InChI=1S/C20H21ClN2O2/c1-13-3-6-15(7-4-13)11-23-12-16(10-19(23)24)20(25)22-18-8-5-14(2)9-17(18)21/h3-9,16H,10-12H2,1-2H3,(H,22,25)/t16-/m1/s1. The first-order valence-electron chi connectivity index (χ1n) is 8.32. The lowest BCUT2D eigenvalue weighted by Gasteiger charge is -2.17. The molecule has 1 atom stereocenters. The van der Waals surface area contributed by atoms with E-state index in [1.54, 1.807) is 17.0 Å². The molecule has 2 aromatic carbocycles. The highest BCUT2D eigenvalue weighted by molar-refractivity contribution is 6.33. The second-order valence-corrected chi connectivity index (χ2v) is 7.04. The van der Waals surface area contributed by atoms with Crippen LogP contribution in [0.2, 0.25) is 5.02 Å². The van der Waals surface area contributed by atoms with Gasteiger partial charge in [-0.15, -0.1) is 0 Å². The zero-order valence-electron chi connectivity index (χ0n) is 14.4. The number of nitrogens with one attached hydrogen (secondary N) is 1. The van der Waals surface area contributed by atoms with E-state index in [1.807, 2.05) is 44.2 Å². The first-order chi connectivity index (χ1) is 11.9. The van der Waals surface area contributed by atoms with Crippen LogP contribution in [0.4, 0.5) is 5.69 Å². The number of aryl methyl sites for hydroxylation is 2. The number of amides is 2. The van der Waals surface area contributed by atoms with Crippen LogP contribution < -0.4 is 5.32 Å². The summed E-state index contributed by atoms with van der Waals surface area (Å²) in [5.74, 6) is -0.503. The Labute approximate surface area is 152 Å². The van der Waals surface area contributed by atoms with Crippen LogP contribution in [0.15, 0.2) is 42.5 Å². The van der Waals surface area contributed by atoms with E-state index in [9.17, 15) is 9.59 Å². The molecule has 0 unspecified atom stereocenters. The maximum absolute atomic E-state index is 12.5. The van der Waals surface area contributed by atoms with E-state index in [2.05, 4.69) is 5.32 Å². The first kappa shape index (κ1) is 17.5. The third-order valence-electron chi connectivity index (χ3n) is 4.46. The lowest BCUT2D eigenvalue weighted by Crippen LogP contribution is -2.28. The number of benzene rings is 2. The van der Waals surface area contributed by atoms with Crippen LogP contribution in [-0.4, -0.2) is 23.3 Å². The fraction of sp³-hybridized carbons (Fsp3) is 0.300. The Bertz CT molecular complexity index is 802. The zero-order chi connectivity index (χ0) is 18.0. The summed E-state index contributed by atoms with van der Waals surface area (Å²) < 4.78 is 0. The summed E-state index contributed by atoms with van der Waals surface area (Å²) in [5, 5.41) is 3.35. The smallest absolute Gasteiger partial charge is 0.229 e. The fourth-order valence-corrected chi connectivity index (χ4v) is 3.25. The van der Waals surface area contributed by atoms with E-state index in [0.717, 1.165) is 11.1 Å². The van der Waals surface area contributed by atoms with Crippen molar-refractivity contribution < 1.29 is 9.59 Å².